The van der Waals surface area contributed by atoms with Gasteiger partial charge in [-0.15, -0.1) is 21.5 Å². The van der Waals surface area contributed by atoms with Crippen LogP contribution in [0.3, 0.4) is 0 Å². The van der Waals surface area contributed by atoms with Gasteiger partial charge in [-0.2, -0.15) is 0 Å². The molecule has 4 rings (SSSR count). The van der Waals surface area contributed by atoms with Gasteiger partial charge in [0.05, 0.1) is 5.39 Å². The molecule has 2 N–H and O–H groups in total. The number of hydrogen-bond donors (Lipinski definition) is 2. The monoisotopic (exact) mass is 368 g/mol. The van der Waals surface area contributed by atoms with Crippen LogP contribution in [0, 0.1) is 0 Å². The minimum atomic E-state index is -0.286. The van der Waals surface area contributed by atoms with E-state index in [2.05, 4.69) is 20.5 Å². The third-order valence-corrected chi connectivity index (χ3v) is 5.73. The van der Waals surface area contributed by atoms with Crippen molar-refractivity contribution in [1.29, 1.82) is 0 Å². The lowest BCUT2D eigenvalue weighted by atomic mass is 10.2. The Morgan fingerprint density at radius 1 is 1.08 bits per heavy atom. The first kappa shape index (κ1) is 15.7. The lowest BCUT2D eigenvalue weighted by Gasteiger charge is -2.01. The van der Waals surface area contributed by atoms with Gasteiger partial charge in [-0.25, -0.2) is 4.98 Å². The number of nitrogens with one attached hydrogen (secondary N) is 1. The molecular formula is C17H12N4O2S2. The Morgan fingerprint density at radius 2 is 1.92 bits per heavy atom. The number of fused-ring (bicyclic) bond motifs is 1. The number of benzene rings is 1. The predicted octanol–water partition coefficient (Wildman–Crippen LogP) is 3.45. The van der Waals surface area contributed by atoms with Gasteiger partial charge in [0, 0.05) is 12.7 Å². The Kier molecular flexibility index (Phi) is 4.12. The van der Waals surface area contributed by atoms with E-state index < -0.39 is 0 Å². The normalized spacial score (nSPS) is 10.9. The van der Waals surface area contributed by atoms with E-state index in [1.165, 1.54) is 11.3 Å². The van der Waals surface area contributed by atoms with Crippen molar-refractivity contribution in [3.05, 3.63) is 59.2 Å². The second-order valence-corrected chi connectivity index (χ2v) is 7.19. The molecule has 0 radical (unpaired) electrons. The van der Waals surface area contributed by atoms with Crippen LogP contribution in [0.15, 0.2) is 48.7 Å². The Morgan fingerprint density at radius 3 is 2.72 bits per heavy atom. The lowest BCUT2D eigenvalue weighted by molar-refractivity contribution is 0.0950. The van der Waals surface area contributed by atoms with Crippen LogP contribution in [0.2, 0.25) is 0 Å². The summed E-state index contributed by atoms with van der Waals surface area (Å²) in [6, 6.07) is 13.2. The van der Waals surface area contributed by atoms with Gasteiger partial charge in [0.15, 0.2) is 5.01 Å². The van der Waals surface area contributed by atoms with Gasteiger partial charge < -0.3 is 10.4 Å². The minimum absolute atomic E-state index is 0.125. The molecular weight excluding hydrogens is 356 g/mol. The summed E-state index contributed by atoms with van der Waals surface area (Å²) in [4.78, 5) is 17.8. The molecule has 0 aliphatic carbocycles. The van der Waals surface area contributed by atoms with Gasteiger partial charge in [-0.1, -0.05) is 41.7 Å². The van der Waals surface area contributed by atoms with Gasteiger partial charge >= 0.3 is 0 Å². The summed E-state index contributed by atoms with van der Waals surface area (Å²) in [6.07, 6.45) is 1.67. The van der Waals surface area contributed by atoms with E-state index in [0.717, 1.165) is 21.7 Å². The van der Waals surface area contributed by atoms with E-state index in [4.69, 9.17) is 0 Å². The molecule has 0 aliphatic heterocycles. The van der Waals surface area contributed by atoms with Crippen molar-refractivity contribution in [2.24, 2.45) is 0 Å². The van der Waals surface area contributed by atoms with Crippen LogP contribution in [0.5, 0.6) is 5.75 Å². The molecule has 124 valence electrons. The topological polar surface area (TPSA) is 88.0 Å². The van der Waals surface area contributed by atoms with Crippen molar-refractivity contribution in [3.8, 4) is 15.6 Å². The van der Waals surface area contributed by atoms with Crippen LogP contribution in [-0.4, -0.2) is 26.2 Å². The first-order chi connectivity index (χ1) is 12.2. The first-order valence-corrected chi connectivity index (χ1v) is 9.08. The van der Waals surface area contributed by atoms with Crippen LogP contribution < -0.4 is 5.32 Å². The molecule has 0 saturated carbocycles. The number of rotatable bonds is 4. The molecule has 0 saturated heterocycles. The fraction of sp³-hybridized carbons (Fsp3) is 0.0588. The highest BCUT2D eigenvalue weighted by Crippen LogP contribution is 2.43. The molecule has 0 fully saturated rings. The maximum atomic E-state index is 12.2. The van der Waals surface area contributed by atoms with Gasteiger partial charge in [-0.3, -0.25) is 4.79 Å². The fourth-order valence-electron chi connectivity index (χ4n) is 2.33. The van der Waals surface area contributed by atoms with Gasteiger partial charge in [-0.05, 0) is 17.7 Å². The zero-order valence-electron chi connectivity index (χ0n) is 12.8. The molecule has 0 spiro atoms. The second kappa shape index (κ2) is 6.58. The number of hydrogen-bond acceptors (Lipinski definition) is 7. The quantitative estimate of drug-likeness (QED) is 0.576. The average Bonchev–Trinajstić information content (AvgIpc) is 3.26. The molecule has 25 heavy (non-hydrogen) atoms. The molecule has 3 heterocycles. The maximum Gasteiger partial charge on any atom is 0.282 e. The van der Waals surface area contributed by atoms with Crippen molar-refractivity contribution in [2.45, 2.75) is 6.54 Å². The zero-order valence-corrected chi connectivity index (χ0v) is 14.5. The van der Waals surface area contributed by atoms with Crippen LogP contribution >= 0.6 is 22.7 Å². The largest absolute Gasteiger partial charge is 0.506 e. The molecule has 0 unspecified atom stereocenters. The third kappa shape index (κ3) is 3.09. The standard InChI is InChI=1S/C17H12N4O2S2/c22-12-11-7-4-8-18-15(11)24-13(12)16-20-21-17(25-16)14(23)19-9-10-5-2-1-3-6-10/h1-8,22H,9H2,(H,19,23). The van der Waals surface area contributed by atoms with Crippen molar-refractivity contribution in [2.75, 3.05) is 0 Å². The fourth-order valence-corrected chi connectivity index (χ4v) is 4.19. The van der Waals surface area contributed by atoms with Crippen molar-refractivity contribution in [3.63, 3.8) is 0 Å². The summed E-state index contributed by atoms with van der Waals surface area (Å²) in [6.45, 7) is 0.423. The number of pyridine rings is 1. The Hall–Kier alpha value is -2.84. The molecule has 1 amide bonds. The van der Waals surface area contributed by atoms with Crippen molar-refractivity contribution < 1.29 is 9.90 Å². The smallest absolute Gasteiger partial charge is 0.282 e. The van der Waals surface area contributed by atoms with E-state index in [9.17, 15) is 9.90 Å². The number of carbonyl (C=O) groups excluding carboxylic acids is 1. The van der Waals surface area contributed by atoms with Gasteiger partial charge in [0.2, 0.25) is 5.01 Å². The van der Waals surface area contributed by atoms with Crippen LogP contribution in [0.1, 0.15) is 15.4 Å². The molecule has 0 atom stereocenters. The Labute approximate surface area is 150 Å². The lowest BCUT2D eigenvalue weighted by Crippen LogP contribution is -2.22. The van der Waals surface area contributed by atoms with Crippen LogP contribution in [0.25, 0.3) is 20.1 Å². The van der Waals surface area contributed by atoms with Crippen molar-refractivity contribution in [1.82, 2.24) is 20.5 Å². The van der Waals surface area contributed by atoms with Gasteiger partial charge in [0.1, 0.15) is 15.5 Å². The maximum absolute atomic E-state index is 12.2. The van der Waals surface area contributed by atoms with E-state index in [1.807, 2.05) is 30.3 Å². The molecule has 0 aliphatic rings. The third-order valence-electron chi connectivity index (χ3n) is 3.55. The molecule has 0 bridgehead atoms. The Bertz CT molecular complexity index is 1040. The minimum Gasteiger partial charge on any atom is -0.506 e. The molecule has 1 aromatic carbocycles. The highest BCUT2D eigenvalue weighted by Gasteiger charge is 2.19. The number of carbonyl (C=O) groups is 1. The van der Waals surface area contributed by atoms with Crippen LogP contribution in [0.4, 0.5) is 0 Å². The molecule has 3 aromatic heterocycles. The van der Waals surface area contributed by atoms with E-state index >= 15 is 0 Å². The number of nitrogens with zero attached hydrogens (tertiary/aromatic N) is 3. The second-order valence-electron chi connectivity index (χ2n) is 5.22. The molecule has 8 heteroatoms. The summed E-state index contributed by atoms with van der Waals surface area (Å²) in [5.41, 5.74) is 1.01. The van der Waals surface area contributed by atoms with E-state index in [1.54, 1.807) is 18.3 Å². The molecule has 4 aromatic rings. The predicted molar refractivity (Wildman–Crippen MR) is 97.8 cm³/mol. The number of amides is 1. The van der Waals surface area contributed by atoms with E-state index in [-0.39, 0.29) is 16.7 Å². The van der Waals surface area contributed by atoms with E-state index in [0.29, 0.717) is 21.8 Å². The summed E-state index contributed by atoms with van der Waals surface area (Å²) in [5.74, 6) is -0.160. The number of aromatic hydroxyl groups is 1. The SMILES string of the molecule is O=C(NCc1ccccc1)c1nnc(-c2sc3ncccc3c2O)s1. The highest BCUT2D eigenvalue weighted by molar-refractivity contribution is 7.26. The Balaban J connectivity index is 1.55. The zero-order chi connectivity index (χ0) is 17.2. The summed E-state index contributed by atoms with van der Waals surface area (Å²) in [7, 11) is 0. The summed E-state index contributed by atoms with van der Waals surface area (Å²) >= 11 is 2.47. The van der Waals surface area contributed by atoms with Crippen LogP contribution in [-0.2, 0) is 6.54 Å². The van der Waals surface area contributed by atoms with Crippen molar-refractivity contribution >= 4 is 38.8 Å². The van der Waals surface area contributed by atoms with Gasteiger partial charge in [0.25, 0.3) is 5.91 Å². The molecule has 6 nitrogen and oxygen atoms in total. The summed E-state index contributed by atoms with van der Waals surface area (Å²) < 4.78 is 0. The number of thiophene rings is 1. The first-order valence-electron chi connectivity index (χ1n) is 7.45. The average molecular weight is 368 g/mol. The highest BCUT2D eigenvalue weighted by atomic mass is 32.1. The number of aromatic nitrogens is 3. The summed E-state index contributed by atoms with van der Waals surface area (Å²) in [5, 5.41) is 22.6.